The lowest BCUT2D eigenvalue weighted by molar-refractivity contribution is 0.247. The number of benzene rings is 1. The summed E-state index contributed by atoms with van der Waals surface area (Å²) < 4.78 is 7.12. The van der Waals surface area contributed by atoms with Gasteiger partial charge in [0, 0.05) is 18.8 Å². The number of rotatable bonds is 2. The average molecular weight is 396 g/mol. The van der Waals surface area contributed by atoms with Crippen LogP contribution in [0.25, 0.3) is 0 Å². The Balaban J connectivity index is 1.84. The fraction of sp³-hybridized carbons (Fsp3) is 0.333. The minimum atomic E-state index is -0.458. The van der Waals surface area contributed by atoms with Crippen molar-refractivity contribution in [1.82, 2.24) is 9.88 Å². The third-order valence-electron chi connectivity index (χ3n) is 4.36. The zero-order valence-electron chi connectivity index (χ0n) is 14.4. The van der Waals surface area contributed by atoms with Gasteiger partial charge in [-0.25, -0.2) is 4.79 Å². The molecular weight excluding hydrogens is 377 g/mol. The second-order valence-corrected chi connectivity index (χ2v) is 7.00. The molecule has 8 heteroatoms. The molecular formula is C18H19Cl2N3O3. The van der Waals surface area contributed by atoms with E-state index in [-0.39, 0.29) is 17.3 Å². The highest BCUT2D eigenvalue weighted by Crippen LogP contribution is 2.40. The molecule has 0 saturated carbocycles. The summed E-state index contributed by atoms with van der Waals surface area (Å²) >= 11 is 12.3. The highest BCUT2D eigenvalue weighted by Gasteiger charge is 2.25. The van der Waals surface area contributed by atoms with Gasteiger partial charge >= 0.3 is 6.03 Å². The number of urea groups is 1. The average Bonchev–Trinajstić information content (AvgIpc) is 2.81. The summed E-state index contributed by atoms with van der Waals surface area (Å²) in [7, 11) is 1.63. The van der Waals surface area contributed by atoms with Crippen molar-refractivity contribution < 1.29 is 9.53 Å². The number of anilines is 1. The molecule has 1 atom stereocenters. The van der Waals surface area contributed by atoms with Crippen molar-refractivity contribution in [3.63, 3.8) is 0 Å². The first-order chi connectivity index (χ1) is 12.4. The lowest BCUT2D eigenvalue weighted by atomic mass is 10.0. The van der Waals surface area contributed by atoms with Gasteiger partial charge in [0.05, 0.1) is 17.7 Å². The van der Waals surface area contributed by atoms with Gasteiger partial charge in [-0.15, -0.1) is 0 Å². The van der Waals surface area contributed by atoms with Gasteiger partial charge in [-0.3, -0.25) is 4.79 Å². The maximum absolute atomic E-state index is 12.5. The number of pyridine rings is 1. The Morgan fingerprint density at radius 3 is 2.85 bits per heavy atom. The lowest BCUT2D eigenvalue weighted by Crippen LogP contribution is -2.35. The van der Waals surface area contributed by atoms with Crippen LogP contribution in [0.2, 0.25) is 10.0 Å². The van der Waals surface area contributed by atoms with Crippen LogP contribution in [0.5, 0.6) is 5.75 Å². The predicted octanol–water partition coefficient (Wildman–Crippen LogP) is 4.04. The molecule has 1 aliphatic heterocycles. The van der Waals surface area contributed by atoms with Crippen molar-refractivity contribution in [2.75, 3.05) is 11.9 Å². The summed E-state index contributed by atoms with van der Waals surface area (Å²) in [4.78, 5) is 24.7. The molecule has 2 heterocycles. The SMILES string of the molecule is Cc1ccn(C)c(=O)c1NC(=O)N[C@H]1CCCOc2c1ccc(Cl)c2Cl. The van der Waals surface area contributed by atoms with Crippen LogP contribution in [0.4, 0.5) is 10.5 Å². The number of aryl methyl sites for hydroxylation is 2. The molecule has 1 aromatic heterocycles. The largest absolute Gasteiger partial charge is 0.492 e. The number of halogens is 2. The first-order valence-corrected chi connectivity index (χ1v) is 8.98. The molecule has 1 aromatic carbocycles. The van der Waals surface area contributed by atoms with Crippen molar-refractivity contribution in [3.05, 3.63) is 55.9 Å². The zero-order valence-corrected chi connectivity index (χ0v) is 15.9. The first kappa shape index (κ1) is 18.6. The number of aromatic nitrogens is 1. The molecule has 138 valence electrons. The van der Waals surface area contributed by atoms with Crippen LogP contribution in [0.3, 0.4) is 0 Å². The number of hydrogen-bond acceptors (Lipinski definition) is 3. The second kappa shape index (κ2) is 7.60. The van der Waals surface area contributed by atoms with Gasteiger partial charge < -0.3 is 19.9 Å². The summed E-state index contributed by atoms with van der Waals surface area (Å²) in [6, 6.07) is 4.50. The Kier molecular flexibility index (Phi) is 5.44. The molecule has 0 spiro atoms. The topological polar surface area (TPSA) is 72.4 Å². The van der Waals surface area contributed by atoms with Gasteiger partial charge in [0.15, 0.2) is 0 Å². The molecule has 0 unspecified atom stereocenters. The minimum Gasteiger partial charge on any atom is -0.492 e. The molecule has 0 saturated heterocycles. The van der Waals surface area contributed by atoms with E-state index in [1.165, 1.54) is 4.57 Å². The van der Waals surface area contributed by atoms with Gasteiger partial charge in [0.1, 0.15) is 16.5 Å². The van der Waals surface area contributed by atoms with E-state index in [0.29, 0.717) is 34.4 Å². The summed E-state index contributed by atoms with van der Waals surface area (Å²) in [6.45, 7) is 2.26. The van der Waals surface area contributed by atoms with Crippen molar-refractivity contribution >= 4 is 34.9 Å². The number of carbonyl (C=O) groups is 1. The molecule has 3 rings (SSSR count). The normalized spacial score (nSPS) is 16.2. The van der Waals surface area contributed by atoms with E-state index in [4.69, 9.17) is 27.9 Å². The Hall–Kier alpha value is -2.18. The number of nitrogens with one attached hydrogen (secondary N) is 2. The van der Waals surface area contributed by atoms with E-state index < -0.39 is 6.03 Å². The van der Waals surface area contributed by atoms with Crippen LogP contribution in [-0.4, -0.2) is 17.2 Å². The highest BCUT2D eigenvalue weighted by atomic mass is 35.5. The van der Waals surface area contributed by atoms with Gasteiger partial charge in [0.25, 0.3) is 5.56 Å². The van der Waals surface area contributed by atoms with Gasteiger partial charge in [-0.2, -0.15) is 0 Å². The molecule has 2 aromatic rings. The number of amides is 2. The fourth-order valence-corrected chi connectivity index (χ4v) is 3.29. The molecule has 2 amide bonds. The van der Waals surface area contributed by atoms with Crippen LogP contribution in [0, 0.1) is 6.92 Å². The third-order valence-corrected chi connectivity index (χ3v) is 5.15. The van der Waals surface area contributed by atoms with E-state index in [0.717, 1.165) is 12.0 Å². The quantitative estimate of drug-likeness (QED) is 0.805. The summed E-state index contributed by atoms with van der Waals surface area (Å²) in [5.74, 6) is 0.494. The number of hydrogen-bond donors (Lipinski definition) is 2. The van der Waals surface area contributed by atoms with E-state index in [2.05, 4.69) is 10.6 Å². The highest BCUT2D eigenvalue weighted by molar-refractivity contribution is 6.43. The van der Waals surface area contributed by atoms with Crippen LogP contribution >= 0.6 is 23.2 Å². The zero-order chi connectivity index (χ0) is 18.8. The van der Waals surface area contributed by atoms with E-state index in [1.54, 1.807) is 38.4 Å². The third kappa shape index (κ3) is 3.66. The van der Waals surface area contributed by atoms with E-state index in [9.17, 15) is 9.59 Å². The van der Waals surface area contributed by atoms with Crippen LogP contribution in [-0.2, 0) is 7.05 Å². The summed E-state index contributed by atoms with van der Waals surface area (Å²) in [5.41, 5.74) is 1.46. The lowest BCUT2D eigenvalue weighted by Gasteiger charge is -2.20. The fourth-order valence-electron chi connectivity index (χ4n) is 2.91. The van der Waals surface area contributed by atoms with Crippen molar-refractivity contribution in [1.29, 1.82) is 0 Å². The molecule has 26 heavy (non-hydrogen) atoms. The Morgan fingerprint density at radius 2 is 2.08 bits per heavy atom. The molecule has 0 bridgehead atoms. The minimum absolute atomic E-state index is 0.256. The van der Waals surface area contributed by atoms with Crippen LogP contribution in [0.1, 0.15) is 30.0 Å². The van der Waals surface area contributed by atoms with E-state index >= 15 is 0 Å². The van der Waals surface area contributed by atoms with Crippen LogP contribution in [0.15, 0.2) is 29.2 Å². The summed E-state index contributed by atoms with van der Waals surface area (Å²) in [6.07, 6.45) is 3.09. The number of ether oxygens (including phenoxy) is 1. The van der Waals surface area contributed by atoms with E-state index in [1.807, 2.05) is 0 Å². The van der Waals surface area contributed by atoms with Crippen molar-refractivity contribution in [2.24, 2.45) is 7.05 Å². The van der Waals surface area contributed by atoms with Gasteiger partial charge in [-0.05, 0) is 37.5 Å². The predicted molar refractivity (Wildman–Crippen MR) is 103 cm³/mol. The monoisotopic (exact) mass is 395 g/mol. The molecule has 2 N–H and O–H groups in total. The number of fused-ring (bicyclic) bond motifs is 1. The number of carbonyl (C=O) groups excluding carboxylic acids is 1. The molecule has 1 aliphatic rings. The first-order valence-electron chi connectivity index (χ1n) is 8.23. The van der Waals surface area contributed by atoms with Crippen LogP contribution < -0.4 is 20.9 Å². The molecule has 6 nitrogen and oxygen atoms in total. The number of nitrogens with zero attached hydrogens (tertiary/aromatic N) is 1. The molecule has 0 aliphatic carbocycles. The smallest absolute Gasteiger partial charge is 0.319 e. The molecule has 0 fully saturated rings. The maximum Gasteiger partial charge on any atom is 0.319 e. The maximum atomic E-state index is 12.5. The summed E-state index contributed by atoms with van der Waals surface area (Å²) in [5, 5.41) is 6.31. The Bertz CT molecular complexity index is 911. The second-order valence-electron chi connectivity index (χ2n) is 6.21. The molecule has 0 radical (unpaired) electrons. The van der Waals surface area contributed by atoms with Gasteiger partial charge in [0.2, 0.25) is 0 Å². The Labute approximate surface area is 161 Å². The Morgan fingerprint density at radius 1 is 1.31 bits per heavy atom. The van der Waals surface area contributed by atoms with Crippen molar-refractivity contribution in [2.45, 2.75) is 25.8 Å². The van der Waals surface area contributed by atoms with Crippen molar-refractivity contribution in [3.8, 4) is 5.75 Å². The van der Waals surface area contributed by atoms with Gasteiger partial charge in [-0.1, -0.05) is 29.3 Å². The standard InChI is InChI=1S/C18H19Cl2N3O3/c1-10-7-8-23(2)17(24)15(10)22-18(25)21-13-4-3-9-26-16-11(13)5-6-12(19)14(16)20/h5-8,13H,3-4,9H2,1-2H3,(H2,21,22,25)/t13-/m0/s1.